The minimum Gasteiger partial charge on any atom is -0.442 e. The maximum atomic E-state index is 13.1. The van der Waals surface area contributed by atoms with Crippen molar-refractivity contribution in [1.82, 2.24) is 9.97 Å². The van der Waals surface area contributed by atoms with Gasteiger partial charge in [0.25, 0.3) is 11.8 Å². The number of esters is 1. The number of alkyl halides is 3. The summed E-state index contributed by atoms with van der Waals surface area (Å²) in [5.41, 5.74) is 8.04. The number of morpholine rings is 1. The number of halogens is 3. The van der Waals surface area contributed by atoms with Gasteiger partial charge in [-0.15, -0.1) is 0 Å². The van der Waals surface area contributed by atoms with Crippen molar-refractivity contribution < 1.29 is 37.0 Å². The van der Waals surface area contributed by atoms with Gasteiger partial charge in [-0.1, -0.05) is 17.7 Å². The predicted molar refractivity (Wildman–Crippen MR) is 118 cm³/mol. The molecule has 2 atom stereocenters. The van der Waals surface area contributed by atoms with Crippen molar-refractivity contribution in [3.05, 3.63) is 48.0 Å². The van der Waals surface area contributed by atoms with Crippen LogP contribution in [0.4, 0.5) is 30.5 Å². The molecule has 2 aromatic carbocycles. The number of amides is 2. The largest absolute Gasteiger partial charge is 0.490 e. The Kier molecular flexibility index (Phi) is 6.35. The van der Waals surface area contributed by atoms with E-state index in [2.05, 4.69) is 20.0 Å². The van der Waals surface area contributed by atoms with Crippen molar-refractivity contribution in [2.75, 3.05) is 29.1 Å². The number of nitrogen functional groups attached to an aromatic ring is 1. The van der Waals surface area contributed by atoms with Gasteiger partial charge >= 0.3 is 12.1 Å². The maximum Gasteiger partial charge on any atom is 0.490 e. The van der Waals surface area contributed by atoms with E-state index in [9.17, 15) is 27.6 Å². The van der Waals surface area contributed by atoms with Crippen LogP contribution in [0.1, 0.15) is 5.56 Å². The second-order valence-corrected chi connectivity index (χ2v) is 7.78. The lowest BCUT2D eigenvalue weighted by Gasteiger charge is -2.35. The van der Waals surface area contributed by atoms with E-state index in [1.165, 1.54) is 23.1 Å². The van der Waals surface area contributed by atoms with Gasteiger partial charge in [-0.3, -0.25) is 9.59 Å². The number of carbonyl (C=O) groups excluding carboxylic acids is 3. The fraction of sp³-hybridized carbons (Fsp3) is 0.273. The molecule has 1 aliphatic heterocycles. The van der Waals surface area contributed by atoms with E-state index in [-0.39, 0.29) is 24.8 Å². The number of ether oxygens (including phenoxy) is 2. The monoisotopic (exact) mass is 491 g/mol. The molecule has 1 fully saturated rings. The first-order chi connectivity index (χ1) is 16.5. The lowest BCUT2D eigenvalue weighted by molar-refractivity contribution is -0.210. The van der Waals surface area contributed by atoms with Crippen LogP contribution >= 0.6 is 0 Å². The third kappa shape index (κ3) is 5.19. The minimum atomic E-state index is -5.39. The summed E-state index contributed by atoms with van der Waals surface area (Å²) in [5.74, 6) is -4.51. The fourth-order valence-corrected chi connectivity index (χ4v) is 3.56. The molecule has 1 aromatic heterocycles. The number of rotatable bonds is 5. The molecule has 1 aliphatic rings. The van der Waals surface area contributed by atoms with Gasteiger partial charge in [0.1, 0.15) is 0 Å². The molecular formula is C22H20F3N5O5. The quantitative estimate of drug-likeness (QED) is 0.466. The van der Waals surface area contributed by atoms with Crippen molar-refractivity contribution in [3.8, 4) is 0 Å². The highest BCUT2D eigenvalue weighted by Gasteiger charge is 2.48. The highest BCUT2D eigenvalue weighted by atomic mass is 19.4. The Hall–Kier alpha value is -4.13. The van der Waals surface area contributed by atoms with Crippen molar-refractivity contribution in [3.63, 3.8) is 0 Å². The molecule has 184 valence electrons. The zero-order chi connectivity index (χ0) is 25.3. The number of H-pyrrole nitrogens is 1. The SMILES string of the molecule is Cc1ccc(N2CCOC(C(OC(=O)C(F)(F)F)C(=O)Nc3ccc4nc(N)[nH]c4c3)C2=O)cc1. The van der Waals surface area contributed by atoms with E-state index < -0.39 is 36.2 Å². The van der Waals surface area contributed by atoms with Gasteiger partial charge in [0.2, 0.25) is 6.10 Å². The number of fused-ring (bicyclic) bond motifs is 1. The second-order valence-electron chi connectivity index (χ2n) is 7.78. The van der Waals surface area contributed by atoms with Crippen LogP contribution in [0.2, 0.25) is 0 Å². The Morgan fingerprint density at radius 1 is 1.26 bits per heavy atom. The first-order valence-corrected chi connectivity index (χ1v) is 10.4. The number of nitrogens with two attached hydrogens (primary N) is 1. The van der Waals surface area contributed by atoms with E-state index in [1.54, 1.807) is 24.3 Å². The van der Waals surface area contributed by atoms with Crippen LogP contribution in [-0.2, 0) is 23.9 Å². The highest BCUT2D eigenvalue weighted by molar-refractivity contribution is 6.05. The van der Waals surface area contributed by atoms with Crippen molar-refractivity contribution >= 4 is 46.1 Å². The Morgan fingerprint density at radius 3 is 2.66 bits per heavy atom. The number of nitrogens with one attached hydrogen (secondary N) is 2. The summed E-state index contributed by atoms with van der Waals surface area (Å²) < 4.78 is 48.7. The molecule has 0 aliphatic carbocycles. The summed E-state index contributed by atoms with van der Waals surface area (Å²) >= 11 is 0. The summed E-state index contributed by atoms with van der Waals surface area (Å²) in [6.07, 6.45) is -9.41. The molecule has 2 heterocycles. The predicted octanol–water partition coefficient (Wildman–Crippen LogP) is 2.30. The molecule has 35 heavy (non-hydrogen) atoms. The minimum absolute atomic E-state index is 0.0951. The lowest BCUT2D eigenvalue weighted by Crippen LogP contribution is -2.57. The molecule has 0 saturated carbocycles. The third-order valence-electron chi connectivity index (χ3n) is 5.23. The lowest BCUT2D eigenvalue weighted by atomic mass is 10.1. The van der Waals surface area contributed by atoms with Crippen LogP contribution in [0.3, 0.4) is 0 Å². The van der Waals surface area contributed by atoms with E-state index >= 15 is 0 Å². The Balaban J connectivity index is 1.61. The number of hydrogen-bond acceptors (Lipinski definition) is 7. The summed E-state index contributed by atoms with van der Waals surface area (Å²) in [5, 5.41) is 2.36. The average molecular weight is 491 g/mol. The second kappa shape index (κ2) is 9.25. The smallest absolute Gasteiger partial charge is 0.442 e. The van der Waals surface area contributed by atoms with Gasteiger partial charge in [-0.05, 0) is 37.3 Å². The van der Waals surface area contributed by atoms with E-state index in [1.807, 2.05) is 6.92 Å². The van der Waals surface area contributed by atoms with Crippen LogP contribution < -0.4 is 16.0 Å². The van der Waals surface area contributed by atoms with Crippen molar-refractivity contribution in [2.24, 2.45) is 0 Å². The third-order valence-corrected chi connectivity index (χ3v) is 5.23. The number of benzene rings is 2. The summed E-state index contributed by atoms with van der Waals surface area (Å²) in [6, 6.07) is 11.2. The maximum absolute atomic E-state index is 13.1. The van der Waals surface area contributed by atoms with Gasteiger partial charge in [0, 0.05) is 17.9 Å². The number of aryl methyl sites for hydroxylation is 1. The first-order valence-electron chi connectivity index (χ1n) is 10.4. The van der Waals surface area contributed by atoms with E-state index in [4.69, 9.17) is 10.5 Å². The molecule has 10 nitrogen and oxygen atoms in total. The molecule has 0 radical (unpaired) electrons. The van der Waals surface area contributed by atoms with Gasteiger partial charge in [0.05, 0.1) is 17.6 Å². The standard InChI is InChI=1S/C22H20F3N5O5/c1-11-2-5-13(6-3-11)30-8-9-34-17(19(30)32)16(35-20(33)22(23,24)25)18(31)27-12-4-7-14-15(10-12)29-21(26)28-14/h2-7,10,16-17H,8-9H2,1H3,(H,27,31)(H3,26,28,29). The average Bonchev–Trinajstić information content (AvgIpc) is 3.17. The molecule has 3 aromatic rings. The van der Waals surface area contributed by atoms with Crippen LogP contribution in [0, 0.1) is 6.92 Å². The van der Waals surface area contributed by atoms with Crippen molar-refractivity contribution in [1.29, 1.82) is 0 Å². The number of imidazole rings is 1. The van der Waals surface area contributed by atoms with Gasteiger partial charge in [0.15, 0.2) is 12.1 Å². The van der Waals surface area contributed by atoms with Gasteiger partial charge < -0.3 is 30.4 Å². The molecule has 0 bridgehead atoms. The zero-order valence-electron chi connectivity index (χ0n) is 18.3. The molecule has 2 unspecified atom stereocenters. The van der Waals surface area contributed by atoms with E-state index in [0.717, 1.165) is 5.56 Å². The first kappa shape index (κ1) is 24.0. The number of carbonyl (C=O) groups is 3. The molecule has 4 rings (SSSR count). The highest BCUT2D eigenvalue weighted by Crippen LogP contribution is 2.25. The molecule has 13 heteroatoms. The number of aromatic nitrogens is 2. The molecule has 4 N–H and O–H groups in total. The Labute approximate surface area is 196 Å². The number of hydrogen-bond donors (Lipinski definition) is 3. The Bertz CT molecular complexity index is 1270. The van der Waals surface area contributed by atoms with Crippen LogP contribution in [-0.4, -0.2) is 59.3 Å². The number of aromatic amines is 1. The van der Waals surface area contributed by atoms with Crippen LogP contribution in [0.25, 0.3) is 11.0 Å². The number of anilines is 3. The summed E-state index contributed by atoms with van der Waals surface area (Å²) in [4.78, 5) is 45.8. The van der Waals surface area contributed by atoms with Gasteiger partial charge in [-0.2, -0.15) is 13.2 Å². The normalized spacial score (nSPS) is 17.3. The molecule has 2 amide bonds. The fourth-order valence-electron chi connectivity index (χ4n) is 3.56. The Morgan fingerprint density at radius 2 is 1.97 bits per heavy atom. The van der Waals surface area contributed by atoms with Crippen LogP contribution in [0.15, 0.2) is 42.5 Å². The summed E-state index contributed by atoms with van der Waals surface area (Å²) in [6.45, 7) is 1.84. The topological polar surface area (TPSA) is 140 Å². The number of nitrogens with zero attached hydrogens (tertiary/aromatic N) is 2. The van der Waals surface area contributed by atoms with Gasteiger partial charge in [-0.25, -0.2) is 9.78 Å². The van der Waals surface area contributed by atoms with Crippen molar-refractivity contribution in [2.45, 2.75) is 25.3 Å². The van der Waals surface area contributed by atoms with E-state index in [0.29, 0.717) is 16.7 Å². The molecule has 0 spiro atoms. The zero-order valence-corrected chi connectivity index (χ0v) is 18.3. The summed E-state index contributed by atoms with van der Waals surface area (Å²) in [7, 11) is 0. The molecule has 1 saturated heterocycles. The van der Waals surface area contributed by atoms with Crippen LogP contribution in [0.5, 0.6) is 0 Å². The molecular weight excluding hydrogens is 471 g/mol.